The summed E-state index contributed by atoms with van der Waals surface area (Å²) in [6, 6.07) is 15.2. The van der Waals surface area contributed by atoms with Crippen LogP contribution in [0.15, 0.2) is 71.8 Å². The van der Waals surface area contributed by atoms with E-state index < -0.39 is 15.8 Å². The number of fused-ring (bicyclic) bond motifs is 1. The highest BCUT2D eigenvalue weighted by Crippen LogP contribution is 2.38. The molecule has 3 aromatic carbocycles. The number of hydrogen-bond donors (Lipinski definition) is 1. The first-order chi connectivity index (χ1) is 20.8. The third kappa shape index (κ3) is 7.27. The van der Waals surface area contributed by atoms with Crippen LogP contribution in [0.4, 0.5) is 10.1 Å². The van der Waals surface area contributed by atoms with E-state index >= 15 is 4.39 Å². The fourth-order valence-electron chi connectivity index (χ4n) is 4.85. The van der Waals surface area contributed by atoms with Crippen molar-refractivity contribution in [3.8, 4) is 28.7 Å². The van der Waals surface area contributed by atoms with E-state index in [1.165, 1.54) is 31.4 Å². The molecule has 0 radical (unpaired) electrons. The number of nitrogens with zero attached hydrogens (tertiary/aromatic N) is 3. The summed E-state index contributed by atoms with van der Waals surface area (Å²) in [7, 11) is 1.05. The van der Waals surface area contributed by atoms with Gasteiger partial charge in [0.1, 0.15) is 16.4 Å². The number of rotatable bonds is 12. The summed E-state index contributed by atoms with van der Waals surface area (Å²) in [5.41, 5.74) is 0.625. The molecule has 43 heavy (non-hydrogen) atoms. The van der Waals surface area contributed by atoms with Gasteiger partial charge in [0.15, 0.2) is 23.1 Å². The zero-order valence-electron chi connectivity index (χ0n) is 24.4. The van der Waals surface area contributed by atoms with Crippen molar-refractivity contribution in [3.63, 3.8) is 0 Å². The molecule has 0 atom stereocenters. The summed E-state index contributed by atoms with van der Waals surface area (Å²) in [6.07, 6.45) is 2.45. The van der Waals surface area contributed by atoms with Gasteiger partial charge < -0.3 is 28.7 Å². The van der Waals surface area contributed by atoms with Gasteiger partial charge >= 0.3 is 0 Å². The number of benzene rings is 3. The fraction of sp³-hybridized carbons (Fsp3) is 0.323. The van der Waals surface area contributed by atoms with Crippen molar-refractivity contribution in [3.05, 3.63) is 72.7 Å². The van der Waals surface area contributed by atoms with E-state index in [-0.39, 0.29) is 22.1 Å². The van der Waals surface area contributed by atoms with Gasteiger partial charge in [-0.3, -0.25) is 9.71 Å². The molecule has 1 fully saturated rings. The molecule has 0 amide bonds. The number of hydrogen-bond acceptors (Lipinski definition) is 9. The van der Waals surface area contributed by atoms with Crippen molar-refractivity contribution in [1.29, 1.82) is 0 Å². The van der Waals surface area contributed by atoms with Crippen LogP contribution in [0.1, 0.15) is 6.42 Å². The number of piperazine rings is 1. The molecule has 4 aromatic rings. The minimum atomic E-state index is -4.02. The number of sulfonamides is 1. The maximum absolute atomic E-state index is 15.1. The number of likely N-dealkylation sites (N-methyl/N-ethyl adjacent to an activating group) is 1. The Morgan fingerprint density at radius 3 is 2.40 bits per heavy atom. The number of halogens is 1. The van der Waals surface area contributed by atoms with Crippen LogP contribution in [-0.4, -0.2) is 83.8 Å². The van der Waals surface area contributed by atoms with Crippen LogP contribution in [0.3, 0.4) is 0 Å². The minimum absolute atomic E-state index is 0.0337. The largest absolute Gasteiger partial charge is 0.495 e. The normalized spacial score (nSPS) is 14.4. The van der Waals surface area contributed by atoms with Gasteiger partial charge in [0.05, 0.1) is 32.0 Å². The minimum Gasteiger partial charge on any atom is -0.495 e. The number of anilines is 1. The fourth-order valence-corrected chi connectivity index (χ4v) is 6.07. The molecule has 1 N–H and O–H groups in total. The Bertz CT molecular complexity index is 1680. The third-order valence-electron chi connectivity index (χ3n) is 7.22. The summed E-state index contributed by atoms with van der Waals surface area (Å²) < 4.78 is 66.0. The number of methoxy groups -OCH3 is 2. The van der Waals surface area contributed by atoms with E-state index in [2.05, 4.69) is 26.6 Å². The highest BCUT2D eigenvalue weighted by molar-refractivity contribution is 7.92. The molecular weight excluding hydrogens is 575 g/mol. The van der Waals surface area contributed by atoms with Crippen LogP contribution < -0.4 is 23.7 Å². The molecule has 1 aliphatic rings. The molecule has 2 heterocycles. The van der Waals surface area contributed by atoms with Crippen molar-refractivity contribution >= 4 is 26.6 Å². The smallest absolute Gasteiger partial charge is 0.265 e. The average molecular weight is 611 g/mol. The molecule has 0 aliphatic carbocycles. The topological polar surface area (TPSA) is 102 Å². The summed E-state index contributed by atoms with van der Waals surface area (Å²) in [4.78, 5) is 9.14. The van der Waals surface area contributed by atoms with Crippen molar-refractivity contribution in [2.45, 2.75) is 11.3 Å². The van der Waals surface area contributed by atoms with Crippen LogP contribution in [0.25, 0.3) is 10.9 Å². The monoisotopic (exact) mass is 610 g/mol. The average Bonchev–Trinajstić information content (AvgIpc) is 3.01. The van der Waals surface area contributed by atoms with Crippen molar-refractivity contribution in [1.82, 2.24) is 14.8 Å². The van der Waals surface area contributed by atoms with E-state index in [0.29, 0.717) is 34.8 Å². The Hall–Kier alpha value is -4.13. The molecule has 1 saturated heterocycles. The highest BCUT2D eigenvalue weighted by Gasteiger charge is 2.20. The Balaban J connectivity index is 1.28. The standard InChI is InChI=1S/C31H35FN4O6S/c1-35-14-16-36(17-15-35)13-6-18-41-30-21-25-23(20-29(30)40-3)26(11-12-33-25)42-27-10-9-22(19-24(27)32)34-43(37,38)31-8-5-4-7-28(31)39-2/h4-5,7-12,19-21,34H,6,13-18H2,1-3H3. The van der Waals surface area contributed by atoms with Crippen molar-refractivity contribution < 1.29 is 31.8 Å². The van der Waals surface area contributed by atoms with Gasteiger partial charge in [-0.05, 0) is 49.9 Å². The number of aromatic nitrogens is 1. The van der Waals surface area contributed by atoms with Gasteiger partial charge in [-0.15, -0.1) is 0 Å². The first kappa shape index (κ1) is 30.3. The molecule has 0 unspecified atom stereocenters. The zero-order valence-corrected chi connectivity index (χ0v) is 25.2. The van der Waals surface area contributed by atoms with E-state index in [1.807, 2.05) is 0 Å². The molecule has 0 saturated carbocycles. The lowest BCUT2D eigenvalue weighted by Crippen LogP contribution is -2.44. The lowest BCUT2D eigenvalue weighted by atomic mass is 10.1. The maximum Gasteiger partial charge on any atom is 0.265 e. The van der Waals surface area contributed by atoms with Gasteiger partial charge in [-0.25, -0.2) is 12.8 Å². The summed E-state index contributed by atoms with van der Waals surface area (Å²) in [6.45, 7) is 5.77. The summed E-state index contributed by atoms with van der Waals surface area (Å²) in [5.74, 6) is 0.761. The molecule has 1 aromatic heterocycles. The molecule has 1 aliphatic heterocycles. The second kappa shape index (κ2) is 13.4. The lowest BCUT2D eigenvalue weighted by molar-refractivity contribution is 0.145. The maximum atomic E-state index is 15.1. The lowest BCUT2D eigenvalue weighted by Gasteiger charge is -2.32. The van der Waals surface area contributed by atoms with E-state index in [1.54, 1.807) is 43.6 Å². The quantitative estimate of drug-likeness (QED) is 0.222. The van der Waals surface area contributed by atoms with E-state index in [0.717, 1.165) is 45.2 Å². The molecule has 10 nitrogen and oxygen atoms in total. The van der Waals surface area contributed by atoms with Gasteiger partial charge in [-0.2, -0.15) is 0 Å². The number of nitrogens with one attached hydrogen (secondary N) is 1. The molecule has 0 spiro atoms. The predicted molar refractivity (Wildman–Crippen MR) is 163 cm³/mol. The molecule has 228 valence electrons. The van der Waals surface area contributed by atoms with Gasteiger partial charge in [0.2, 0.25) is 0 Å². The van der Waals surface area contributed by atoms with Crippen molar-refractivity contribution in [2.75, 3.05) is 65.3 Å². The second-order valence-corrected chi connectivity index (χ2v) is 11.8. The number of ether oxygens (including phenoxy) is 4. The van der Waals surface area contributed by atoms with Crippen LogP contribution in [0.5, 0.6) is 28.7 Å². The van der Waals surface area contributed by atoms with E-state index in [4.69, 9.17) is 18.9 Å². The number of pyridine rings is 1. The molecule has 0 bridgehead atoms. The van der Waals surface area contributed by atoms with Crippen molar-refractivity contribution in [2.24, 2.45) is 0 Å². The zero-order chi connectivity index (χ0) is 30.4. The van der Waals surface area contributed by atoms with E-state index in [9.17, 15) is 8.42 Å². The Labute approximate surface area is 251 Å². The molecular formula is C31H35FN4O6S. The van der Waals surface area contributed by atoms with Crippen LogP contribution in [0.2, 0.25) is 0 Å². The summed E-state index contributed by atoms with van der Waals surface area (Å²) in [5, 5.41) is 0.601. The SMILES string of the molecule is COc1cc2c(Oc3ccc(NS(=O)(=O)c4ccccc4OC)cc3F)ccnc2cc1OCCCN1CCN(C)CC1. The second-order valence-electron chi connectivity index (χ2n) is 10.2. The number of para-hydroxylation sites is 1. The summed E-state index contributed by atoms with van der Waals surface area (Å²) >= 11 is 0. The van der Waals surface area contributed by atoms with Gasteiger partial charge in [-0.1, -0.05) is 12.1 Å². The highest BCUT2D eigenvalue weighted by atomic mass is 32.2. The van der Waals surface area contributed by atoms with Crippen LogP contribution >= 0.6 is 0 Å². The first-order valence-electron chi connectivity index (χ1n) is 13.9. The van der Waals surface area contributed by atoms with Gasteiger partial charge in [0, 0.05) is 56.4 Å². The third-order valence-corrected chi connectivity index (χ3v) is 8.64. The Kier molecular flexibility index (Phi) is 9.49. The Morgan fingerprint density at radius 1 is 0.884 bits per heavy atom. The molecule has 5 rings (SSSR count). The van der Waals surface area contributed by atoms with Crippen LogP contribution in [-0.2, 0) is 10.0 Å². The predicted octanol–water partition coefficient (Wildman–Crippen LogP) is 5.00. The van der Waals surface area contributed by atoms with Gasteiger partial charge in [0.25, 0.3) is 10.0 Å². The first-order valence-corrected chi connectivity index (χ1v) is 15.4. The van der Waals surface area contributed by atoms with Crippen LogP contribution in [0, 0.1) is 5.82 Å². The molecule has 12 heteroatoms. The Morgan fingerprint density at radius 2 is 1.65 bits per heavy atom.